The Labute approximate surface area is 111 Å². The van der Waals surface area contributed by atoms with Crippen LogP contribution in [0.5, 0.6) is 0 Å². The molecular formula is C17H24O. The van der Waals surface area contributed by atoms with E-state index in [4.69, 9.17) is 0 Å². The summed E-state index contributed by atoms with van der Waals surface area (Å²) in [6, 6.07) is 6.62. The van der Waals surface area contributed by atoms with Crippen LogP contribution in [0.15, 0.2) is 29.8 Å². The van der Waals surface area contributed by atoms with Gasteiger partial charge >= 0.3 is 0 Å². The third-order valence-corrected chi connectivity index (χ3v) is 3.82. The molecule has 1 aromatic carbocycles. The smallest absolute Gasteiger partial charge is 0.0728 e. The van der Waals surface area contributed by atoms with Crippen LogP contribution < -0.4 is 0 Å². The molecule has 98 valence electrons. The maximum absolute atomic E-state index is 9.94. The molecule has 0 fully saturated rings. The zero-order valence-electron chi connectivity index (χ0n) is 12.0. The molecule has 0 radical (unpaired) electrons. The molecule has 0 bridgehead atoms. The molecule has 0 spiro atoms. The van der Waals surface area contributed by atoms with Crippen molar-refractivity contribution in [1.82, 2.24) is 0 Å². The Morgan fingerprint density at radius 2 is 2.00 bits per heavy atom. The minimum atomic E-state index is -0.270. The monoisotopic (exact) mass is 244 g/mol. The molecule has 0 amide bonds. The molecule has 1 N–H and O–H groups in total. The van der Waals surface area contributed by atoms with Gasteiger partial charge in [-0.2, -0.15) is 0 Å². The van der Waals surface area contributed by atoms with E-state index in [1.54, 1.807) is 0 Å². The van der Waals surface area contributed by atoms with Crippen molar-refractivity contribution in [3.8, 4) is 0 Å². The molecule has 0 aromatic heterocycles. The van der Waals surface area contributed by atoms with Crippen LogP contribution in [-0.4, -0.2) is 11.2 Å². The van der Waals surface area contributed by atoms with Crippen molar-refractivity contribution in [3.63, 3.8) is 0 Å². The largest absolute Gasteiger partial charge is 0.389 e. The first-order valence-corrected chi connectivity index (χ1v) is 6.79. The van der Waals surface area contributed by atoms with Gasteiger partial charge in [-0.05, 0) is 49.7 Å². The molecule has 1 aliphatic carbocycles. The first-order chi connectivity index (χ1) is 8.35. The van der Waals surface area contributed by atoms with Gasteiger partial charge in [0.1, 0.15) is 0 Å². The van der Waals surface area contributed by atoms with Gasteiger partial charge in [0.15, 0.2) is 0 Å². The van der Waals surface area contributed by atoms with Gasteiger partial charge in [0, 0.05) is 0 Å². The standard InChI is InChI=1S/C17H24O/c1-12-5-6-13(2)15(7-12)8-14-9-16(18)11-17(3,4)10-14/h5-7,9,16,18H,8,10-11H2,1-4H3. The number of hydrogen-bond donors (Lipinski definition) is 1. The van der Waals surface area contributed by atoms with Crippen LogP contribution in [0.2, 0.25) is 0 Å². The number of benzene rings is 1. The van der Waals surface area contributed by atoms with Gasteiger partial charge in [0.2, 0.25) is 0 Å². The SMILES string of the molecule is Cc1ccc(C)c(CC2=CC(O)CC(C)(C)C2)c1. The van der Waals surface area contributed by atoms with Crippen molar-refractivity contribution in [2.45, 2.75) is 53.1 Å². The van der Waals surface area contributed by atoms with Crippen molar-refractivity contribution < 1.29 is 5.11 Å². The molecule has 1 aromatic rings. The third kappa shape index (κ3) is 3.23. The van der Waals surface area contributed by atoms with Gasteiger partial charge in [-0.15, -0.1) is 0 Å². The summed E-state index contributed by atoms with van der Waals surface area (Å²) >= 11 is 0. The summed E-state index contributed by atoms with van der Waals surface area (Å²) < 4.78 is 0. The molecule has 1 aliphatic rings. The van der Waals surface area contributed by atoms with Crippen molar-refractivity contribution >= 4 is 0 Å². The maximum Gasteiger partial charge on any atom is 0.0728 e. The molecular weight excluding hydrogens is 220 g/mol. The highest BCUT2D eigenvalue weighted by Crippen LogP contribution is 2.36. The highest BCUT2D eigenvalue weighted by Gasteiger charge is 2.27. The highest BCUT2D eigenvalue weighted by molar-refractivity contribution is 5.34. The van der Waals surface area contributed by atoms with Crippen LogP contribution in [0, 0.1) is 19.3 Å². The average molecular weight is 244 g/mol. The van der Waals surface area contributed by atoms with Gasteiger partial charge in [-0.3, -0.25) is 0 Å². The second-order valence-corrected chi connectivity index (χ2v) is 6.54. The second-order valence-electron chi connectivity index (χ2n) is 6.54. The molecule has 1 nitrogen and oxygen atoms in total. The topological polar surface area (TPSA) is 20.2 Å². The van der Waals surface area contributed by atoms with Crippen LogP contribution in [0.4, 0.5) is 0 Å². The number of aliphatic hydroxyl groups excluding tert-OH is 1. The van der Waals surface area contributed by atoms with Crippen LogP contribution >= 0.6 is 0 Å². The van der Waals surface area contributed by atoms with Crippen LogP contribution in [-0.2, 0) is 6.42 Å². The molecule has 0 heterocycles. The fourth-order valence-corrected chi connectivity index (χ4v) is 3.00. The van der Waals surface area contributed by atoms with Crippen molar-refractivity contribution in [2.24, 2.45) is 5.41 Å². The first-order valence-electron chi connectivity index (χ1n) is 6.79. The fourth-order valence-electron chi connectivity index (χ4n) is 3.00. The average Bonchev–Trinajstić information content (AvgIpc) is 2.20. The molecule has 18 heavy (non-hydrogen) atoms. The number of rotatable bonds is 2. The lowest BCUT2D eigenvalue weighted by Crippen LogP contribution is -2.25. The lowest BCUT2D eigenvalue weighted by atomic mass is 9.74. The quantitative estimate of drug-likeness (QED) is 0.781. The molecule has 0 aliphatic heterocycles. The van der Waals surface area contributed by atoms with E-state index in [1.807, 2.05) is 0 Å². The molecule has 0 saturated carbocycles. The van der Waals surface area contributed by atoms with Gasteiger partial charge in [0.25, 0.3) is 0 Å². The first kappa shape index (κ1) is 13.4. The summed E-state index contributed by atoms with van der Waals surface area (Å²) in [6.07, 6.45) is 4.75. The van der Waals surface area contributed by atoms with E-state index in [0.717, 1.165) is 19.3 Å². The van der Waals surface area contributed by atoms with E-state index in [0.29, 0.717) is 0 Å². The number of aliphatic hydroxyl groups is 1. The zero-order valence-corrected chi connectivity index (χ0v) is 12.0. The van der Waals surface area contributed by atoms with Crippen molar-refractivity contribution in [1.29, 1.82) is 0 Å². The predicted molar refractivity (Wildman–Crippen MR) is 76.7 cm³/mol. The predicted octanol–water partition coefficient (Wildman–Crippen LogP) is 3.95. The van der Waals surface area contributed by atoms with Crippen LogP contribution in [0.25, 0.3) is 0 Å². The summed E-state index contributed by atoms with van der Waals surface area (Å²) in [5.74, 6) is 0. The Balaban J connectivity index is 2.21. The second kappa shape index (κ2) is 4.89. The normalized spacial score (nSPS) is 22.7. The number of hydrogen-bond acceptors (Lipinski definition) is 1. The number of allylic oxidation sites excluding steroid dienone is 1. The Morgan fingerprint density at radius 1 is 1.28 bits per heavy atom. The van der Waals surface area contributed by atoms with Crippen molar-refractivity contribution in [2.75, 3.05) is 0 Å². The van der Waals surface area contributed by atoms with E-state index in [1.165, 1.54) is 22.3 Å². The fraction of sp³-hybridized carbons (Fsp3) is 0.529. The minimum Gasteiger partial charge on any atom is -0.389 e. The van der Waals surface area contributed by atoms with E-state index >= 15 is 0 Å². The van der Waals surface area contributed by atoms with Gasteiger partial charge in [-0.1, -0.05) is 49.3 Å². The van der Waals surface area contributed by atoms with E-state index < -0.39 is 0 Å². The lowest BCUT2D eigenvalue weighted by molar-refractivity contribution is 0.138. The molecule has 1 unspecified atom stereocenters. The summed E-state index contributed by atoms with van der Waals surface area (Å²) in [5, 5.41) is 9.94. The Bertz CT molecular complexity index is 468. The van der Waals surface area contributed by atoms with Gasteiger partial charge in [0.05, 0.1) is 6.10 Å². The van der Waals surface area contributed by atoms with Crippen LogP contribution in [0.3, 0.4) is 0 Å². The van der Waals surface area contributed by atoms with E-state index in [9.17, 15) is 5.11 Å². The van der Waals surface area contributed by atoms with Gasteiger partial charge in [-0.25, -0.2) is 0 Å². The third-order valence-electron chi connectivity index (χ3n) is 3.82. The molecule has 2 rings (SSSR count). The van der Waals surface area contributed by atoms with E-state index in [2.05, 4.69) is 52.0 Å². The molecule has 0 saturated heterocycles. The summed E-state index contributed by atoms with van der Waals surface area (Å²) in [7, 11) is 0. The summed E-state index contributed by atoms with van der Waals surface area (Å²) in [5.41, 5.74) is 5.66. The van der Waals surface area contributed by atoms with E-state index in [-0.39, 0.29) is 11.5 Å². The number of aryl methyl sites for hydroxylation is 2. The maximum atomic E-state index is 9.94. The molecule has 1 heteroatoms. The summed E-state index contributed by atoms with van der Waals surface area (Å²) in [6.45, 7) is 8.79. The summed E-state index contributed by atoms with van der Waals surface area (Å²) in [4.78, 5) is 0. The molecule has 1 atom stereocenters. The Kier molecular flexibility index (Phi) is 3.63. The Morgan fingerprint density at radius 3 is 2.67 bits per heavy atom. The minimum absolute atomic E-state index is 0.223. The highest BCUT2D eigenvalue weighted by atomic mass is 16.3. The van der Waals surface area contributed by atoms with Crippen molar-refractivity contribution in [3.05, 3.63) is 46.5 Å². The zero-order chi connectivity index (χ0) is 13.3. The Hall–Kier alpha value is -1.08. The lowest BCUT2D eigenvalue weighted by Gasteiger charge is -2.32. The van der Waals surface area contributed by atoms with Gasteiger partial charge < -0.3 is 5.11 Å². The van der Waals surface area contributed by atoms with Crippen LogP contribution in [0.1, 0.15) is 43.4 Å².